The van der Waals surface area contributed by atoms with E-state index in [1.165, 1.54) is 24.3 Å². The molecule has 0 radical (unpaired) electrons. The van der Waals surface area contributed by atoms with E-state index in [1.54, 1.807) is 43.0 Å². The van der Waals surface area contributed by atoms with Gasteiger partial charge in [0.2, 0.25) is 23.6 Å². The van der Waals surface area contributed by atoms with Crippen LogP contribution in [0.5, 0.6) is 5.75 Å². The second-order valence-electron chi connectivity index (χ2n) is 15.9. The molecule has 0 bridgehead atoms. The lowest BCUT2D eigenvalue weighted by Gasteiger charge is -2.26. The second-order valence-corrected chi connectivity index (χ2v) is 15.9. The maximum atomic E-state index is 13.5. The second kappa shape index (κ2) is 26.7. The number of urea groups is 1. The summed E-state index contributed by atoms with van der Waals surface area (Å²) in [5.74, 6) is 4.10. The molecule has 368 valence electrons. The predicted molar refractivity (Wildman–Crippen MR) is 254 cm³/mol. The Balaban J connectivity index is 1.01. The first-order chi connectivity index (χ1) is 33.7. The zero-order valence-corrected chi connectivity index (χ0v) is 38.5. The standard InChI is InChI=1S/C49H54N8O13/c1-32(2)44(55-48(63)68-29-28-67-27-26-51-42(58)23-24-43(59)56-30-36-10-4-3-8-34(36)15-16-35-9-5-6-12-41(35)56)46(61)54-40(11-7-25-52-47(50)62)45(60)53-37-17-13-33(14-18-37)31-69-49(64)70-39-21-19-38(20-22-39)57(65)66/h3-6,8-10,12-14,17-22,32,40,44H,7,11,23-31H2,1-2H3,(H,51,58)(H,53,60)(H,54,61)(H,55,63)(H3,50,52,62)/t40-,44-/m0/s1. The number of rotatable bonds is 23. The number of nitrogens with zero attached hydrogens (tertiary/aromatic N) is 2. The van der Waals surface area contributed by atoms with Crippen molar-refractivity contribution in [2.45, 2.75) is 64.8 Å². The van der Waals surface area contributed by atoms with Gasteiger partial charge in [0.1, 0.15) is 31.0 Å². The van der Waals surface area contributed by atoms with Gasteiger partial charge in [0.15, 0.2) is 0 Å². The number of hydrogen-bond donors (Lipinski definition) is 6. The number of anilines is 2. The molecule has 0 saturated heterocycles. The Hall–Kier alpha value is -8.51. The van der Waals surface area contributed by atoms with Gasteiger partial charge in [-0.1, -0.05) is 68.2 Å². The maximum Gasteiger partial charge on any atom is 0.514 e. The van der Waals surface area contributed by atoms with Crippen molar-refractivity contribution in [2.75, 3.05) is 43.1 Å². The maximum absolute atomic E-state index is 13.5. The largest absolute Gasteiger partial charge is 0.514 e. The number of non-ortho nitro benzene ring substituents is 1. The number of benzene rings is 4. The van der Waals surface area contributed by atoms with Crippen LogP contribution in [-0.2, 0) is 46.5 Å². The smallest absolute Gasteiger partial charge is 0.447 e. The van der Waals surface area contributed by atoms with E-state index in [0.717, 1.165) is 16.7 Å². The van der Waals surface area contributed by atoms with Crippen LogP contribution in [0.25, 0.3) is 0 Å². The number of amides is 7. The van der Waals surface area contributed by atoms with Gasteiger partial charge < -0.3 is 56.2 Å². The minimum atomic E-state index is -1.12. The molecule has 21 heteroatoms. The van der Waals surface area contributed by atoms with Crippen molar-refractivity contribution >= 4 is 59.0 Å². The summed E-state index contributed by atoms with van der Waals surface area (Å²) in [6, 6.07) is 23.1. The summed E-state index contributed by atoms with van der Waals surface area (Å²) in [6.45, 7) is 3.65. The van der Waals surface area contributed by atoms with Crippen LogP contribution in [0.2, 0.25) is 0 Å². The molecule has 0 spiro atoms. The number of fused-ring (bicyclic) bond motifs is 2. The van der Waals surface area contributed by atoms with Gasteiger partial charge in [-0.15, -0.1) is 0 Å². The summed E-state index contributed by atoms with van der Waals surface area (Å²) in [5, 5.41) is 23.9. The number of carbonyl (C=O) groups excluding carboxylic acids is 7. The van der Waals surface area contributed by atoms with Crippen LogP contribution in [0.3, 0.4) is 0 Å². The highest BCUT2D eigenvalue weighted by Crippen LogP contribution is 2.26. The van der Waals surface area contributed by atoms with Crippen molar-refractivity contribution in [3.63, 3.8) is 0 Å². The Morgan fingerprint density at radius 1 is 0.771 bits per heavy atom. The van der Waals surface area contributed by atoms with Crippen molar-refractivity contribution < 1.29 is 57.4 Å². The van der Waals surface area contributed by atoms with Gasteiger partial charge in [-0.2, -0.15) is 0 Å². The molecule has 5 rings (SSSR count). The summed E-state index contributed by atoms with van der Waals surface area (Å²) in [7, 11) is 0. The fraction of sp³-hybridized carbons (Fsp3) is 0.327. The molecule has 1 aliphatic heterocycles. The first kappa shape index (κ1) is 52.5. The van der Waals surface area contributed by atoms with E-state index in [-0.39, 0.29) is 88.5 Å². The number of nitrogens with two attached hydrogens (primary N) is 1. The van der Waals surface area contributed by atoms with Crippen LogP contribution >= 0.6 is 0 Å². The zero-order valence-electron chi connectivity index (χ0n) is 38.5. The summed E-state index contributed by atoms with van der Waals surface area (Å²) in [5.41, 5.74) is 9.01. The minimum absolute atomic E-state index is 0.0224. The van der Waals surface area contributed by atoms with Gasteiger partial charge in [-0.3, -0.25) is 29.3 Å². The number of ether oxygens (including phenoxy) is 4. The summed E-state index contributed by atoms with van der Waals surface area (Å²) in [4.78, 5) is 101. The average molecular weight is 963 g/mol. The predicted octanol–water partition coefficient (Wildman–Crippen LogP) is 4.79. The van der Waals surface area contributed by atoms with Gasteiger partial charge >= 0.3 is 18.3 Å². The Bertz CT molecular complexity index is 2560. The topological polar surface area (TPSA) is 289 Å². The van der Waals surface area contributed by atoms with Gasteiger partial charge in [0.25, 0.3) is 5.69 Å². The summed E-state index contributed by atoms with van der Waals surface area (Å²) >= 11 is 0. The number of para-hydroxylation sites is 1. The van der Waals surface area contributed by atoms with Crippen molar-refractivity contribution in [1.82, 2.24) is 21.3 Å². The Morgan fingerprint density at radius 2 is 1.47 bits per heavy atom. The molecule has 4 aromatic rings. The average Bonchev–Trinajstić information content (AvgIpc) is 3.33. The minimum Gasteiger partial charge on any atom is -0.447 e. The highest BCUT2D eigenvalue weighted by molar-refractivity contribution is 5.99. The quantitative estimate of drug-likeness (QED) is 0.0146. The van der Waals surface area contributed by atoms with Crippen LogP contribution in [-0.4, -0.2) is 91.8 Å². The van der Waals surface area contributed by atoms with Crippen LogP contribution in [0, 0.1) is 27.9 Å². The van der Waals surface area contributed by atoms with Crippen LogP contribution in [0.1, 0.15) is 61.8 Å². The fourth-order valence-corrected chi connectivity index (χ4v) is 6.78. The molecule has 0 aliphatic carbocycles. The molecule has 1 aliphatic rings. The van der Waals surface area contributed by atoms with Gasteiger partial charge in [0.05, 0.1) is 30.4 Å². The van der Waals surface area contributed by atoms with E-state index < -0.39 is 53.0 Å². The SMILES string of the molecule is CC(C)[C@H](NC(=O)OCCOCCNC(=O)CCC(=O)N1Cc2ccccc2C#Cc2ccccc21)C(=O)N[C@@H](CCCNC(N)=O)C(=O)Nc1ccc(COC(=O)Oc2ccc([N+](=O)[O-])cc2)cc1. The third-order valence-corrected chi connectivity index (χ3v) is 10.4. The molecule has 21 nitrogen and oxygen atoms in total. The van der Waals surface area contributed by atoms with Gasteiger partial charge in [-0.25, -0.2) is 14.4 Å². The van der Waals surface area contributed by atoms with E-state index >= 15 is 0 Å². The van der Waals surface area contributed by atoms with Crippen LogP contribution in [0.15, 0.2) is 97.1 Å². The van der Waals surface area contributed by atoms with Crippen molar-refractivity contribution in [3.8, 4) is 17.6 Å². The van der Waals surface area contributed by atoms with E-state index in [0.29, 0.717) is 23.5 Å². The van der Waals surface area contributed by atoms with E-state index in [1.807, 2.05) is 48.5 Å². The first-order valence-corrected chi connectivity index (χ1v) is 22.3. The lowest BCUT2D eigenvalue weighted by Crippen LogP contribution is -2.54. The van der Waals surface area contributed by atoms with Crippen molar-refractivity contribution in [3.05, 3.63) is 129 Å². The number of nitro benzene ring substituents is 1. The number of alkyl carbamates (subject to hydrolysis) is 1. The monoisotopic (exact) mass is 962 g/mol. The summed E-state index contributed by atoms with van der Waals surface area (Å²) < 4.78 is 20.8. The fourth-order valence-electron chi connectivity index (χ4n) is 6.78. The molecule has 0 unspecified atom stereocenters. The van der Waals surface area contributed by atoms with Crippen molar-refractivity contribution in [1.29, 1.82) is 0 Å². The molecule has 4 aromatic carbocycles. The third kappa shape index (κ3) is 17.0. The molecule has 7 N–H and O–H groups in total. The Kier molecular flexibility index (Phi) is 20.0. The lowest BCUT2D eigenvalue weighted by molar-refractivity contribution is -0.384. The highest BCUT2D eigenvalue weighted by Gasteiger charge is 2.29. The molecular formula is C49H54N8O13. The molecule has 2 atom stereocenters. The molecule has 1 heterocycles. The number of nitro groups is 1. The molecule has 0 saturated carbocycles. The third-order valence-electron chi connectivity index (χ3n) is 10.4. The van der Waals surface area contributed by atoms with E-state index in [2.05, 4.69) is 38.4 Å². The molecule has 0 aromatic heterocycles. The van der Waals surface area contributed by atoms with Crippen LogP contribution in [0.4, 0.5) is 31.4 Å². The molecule has 70 heavy (non-hydrogen) atoms. The van der Waals surface area contributed by atoms with Gasteiger partial charge in [0, 0.05) is 54.9 Å². The zero-order chi connectivity index (χ0) is 50.4. The molecule has 7 amide bonds. The number of nitrogens with one attached hydrogen (secondary N) is 5. The van der Waals surface area contributed by atoms with E-state index in [9.17, 15) is 43.7 Å². The lowest BCUT2D eigenvalue weighted by atomic mass is 10.0. The normalized spacial score (nSPS) is 12.1. The van der Waals surface area contributed by atoms with Crippen molar-refractivity contribution in [2.24, 2.45) is 11.7 Å². The first-order valence-electron chi connectivity index (χ1n) is 22.3. The Labute approximate surface area is 403 Å². The van der Waals surface area contributed by atoms with Gasteiger partial charge in [-0.05, 0) is 72.4 Å². The molecular weight excluding hydrogens is 909 g/mol. The number of hydrogen-bond acceptors (Lipinski definition) is 13. The molecule has 0 fully saturated rings. The number of primary amides is 1. The number of carbonyl (C=O) groups is 7. The Morgan fingerprint density at radius 3 is 2.19 bits per heavy atom. The van der Waals surface area contributed by atoms with Crippen LogP contribution < -0.4 is 42.0 Å². The van der Waals surface area contributed by atoms with E-state index in [4.69, 9.17) is 24.7 Å². The highest BCUT2D eigenvalue weighted by atomic mass is 16.7. The summed E-state index contributed by atoms with van der Waals surface area (Å²) in [6.07, 6.45) is -1.69.